The summed E-state index contributed by atoms with van der Waals surface area (Å²) >= 11 is 0. The number of benzene rings is 1. The number of halogens is 2. The standard InChI is InChI=1S/C17H27N3O2.2ClH/c1-12-4-5-13(11-20(2)3)10-15(12)19-17(21)16(18)14-6-8-22-9-7-14;;/h4-5,10,14,16H,6-9,11,18H2,1-3H3,(H,19,21);2*1H. The van der Waals surface area contributed by atoms with Crippen molar-refractivity contribution in [1.29, 1.82) is 0 Å². The highest BCUT2D eigenvalue weighted by atomic mass is 35.5. The number of hydrogen-bond donors (Lipinski definition) is 2. The average Bonchev–Trinajstić information content (AvgIpc) is 2.50. The molecule has 5 nitrogen and oxygen atoms in total. The molecule has 7 heteroatoms. The number of nitrogens with zero attached hydrogens (tertiary/aromatic N) is 1. The molecule has 1 aromatic rings. The van der Waals surface area contributed by atoms with Gasteiger partial charge in [-0.25, -0.2) is 0 Å². The second kappa shape index (κ2) is 10.9. The third kappa shape index (κ3) is 6.57. The monoisotopic (exact) mass is 377 g/mol. The van der Waals surface area contributed by atoms with E-state index in [-0.39, 0.29) is 36.6 Å². The minimum Gasteiger partial charge on any atom is -0.381 e. The van der Waals surface area contributed by atoms with Gasteiger partial charge in [-0.2, -0.15) is 0 Å². The van der Waals surface area contributed by atoms with Crippen molar-refractivity contribution in [3.63, 3.8) is 0 Å². The Morgan fingerprint density at radius 2 is 1.96 bits per heavy atom. The fourth-order valence-corrected chi connectivity index (χ4v) is 2.77. The first-order valence-corrected chi connectivity index (χ1v) is 7.86. The number of nitrogens with one attached hydrogen (secondary N) is 1. The Morgan fingerprint density at radius 1 is 1.33 bits per heavy atom. The zero-order valence-corrected chi connectivity index (χ0v) is 16.2. The first-order valence-electron chi connectivity index (χ1n) is 7.86. The third-order valence-electron chi connectivity index (χ3n) is 4.14. The SMILES string of the molecule is Cc1ccc(CN(C)C)cc1NC(=O)C(N)C1CCOCC1.Cl.Cl. The Labute approximate surface area is 157 Å². The number of ether oxygens (including phenoxy) is 1. The van der Waals surface area contributed by atoms with Crippen LogP contribution >= 0.6 is 24.8 Å². The maximum Gasteiger partial charge on any atom is 0.241 e. The summed E-state index contributed by atoms with van der Waals surface area (Å²) in [5.41, 5.74) is 9.21. The van der Waals surface area contributed by atoms with Gasteiger partial charge < -0.3 is 20.7 Å². The summed E-state index contributed by atoms with van der Waals surface area (Å²) in [6.07, 6.45) is 1.71. The van der Waals surface area contributed by atoms with Crippen molar-refractivity contribution in [1.82, 2.24) is 4.90 Å². The number of amides is 1. The molecule has 1 amide bonds. The van der Waals surface area contributed by atoms with Crippen LogP contribution in [0.1, 0.15) is 24.0 Å². The topological polar surface area (TPSA) is 67.6 Å². The summed E-state index contributed by atoms with van der Waals surface area (Å²) in [4.78, 5) is 14.5. The van der Waals surface area contributed by atoms with E-state index in [1.165, 1.54) is 5.56 Å². The minimum atomic E-state index is -0.471. The van der Waals surface area contributed by atoms with Gasteiger partial charge in [-0.15, -0.1) is 24.8 Å². The summed E-state index contributed by atoms with van der Waals surface area (Å²) in [6.45, 7) is 4.23. The van der Waals surface area contributed by atoms with E-state index in [2.05, 4.69) is 16.3 Å². The molecule has 3 N–H and O–H groups in total. The van der Waals surface area contributed by atoms with Crippen LogP contribution in [-0.2, 0) is 16.1 Å². The molecule has 1 unspecified atom stereocenters. The van der Waals surface area contributed by atoms with Crippen molar-refractivity contribution in [2.75, 3.05) is 32.6 Å². The second-order valence-corrected chi connectivity index (χ2v) is 6.35. The van der Waals surface area contributed by atoms with E-state index in [4.69, 9.17) is 10.5 Å². The Kier molecular flexibility index (Phi) is 10.5. The average molecular weight is 378 g/mol. The molecule has 2 rings (SSSR count). The highest BCUT2D eigenvalue weighted by Gasteiger charge is 2.26. The van der Waals surface area contributed by atoms with Crippen LogP contribution < -0.4 is 11.1 Å². The minimum absolute atomic E-state index is 0. The number of hydrogen-bond acceptors (Lipinski definition) is 4. The highest BCUT2D eigenvalue weighted by Crippen LogP contribution is 2.21. The number of carbonyl (C=O) groups is 1. The van der Waals surface area contributed by atoms with E-state index in [0.717, 1.165) is 30.6 Å². The van der Waals surface area contributed by atoms with Crippen LogP contribution in [0.25, 0.3) is 0 Å². The molecule has 1 saturated heterocycles. The van der Waals surface area contributed by atoms with Gasteiger partial charge in [0.1, 0.15) is 0 Å². The number of anilines is 1. The summed E-state index contributed by atoms with van der Waals surface area (Å²) in [7, 11) is 4.05. The second-order valence-electron chi connectivity index (χ2n) is 6.35. The van der Waals surface area contributed by atoms with Crippen molar-refractivity contribution < 1.29 is 9.53 Å². The smallest absolute Gasteiger partial charge is 0.241 e. The van der Waals surface area contributed by atoms with Gasteiger partial charge in [-0.3, -0.25) is 4.79 Å². The molecule has 1 atom stereocenters. The van der Waals surface area contributed by atoms with E-state index >= 15 is 0 Å². The van der Waals surface area contributed by atoms with Crippen molar-refractivity contribution in [3.8, 4) is 0 Å². The number of carbonyl (C=O) groups excluding carboxylic acids is 1. The lowest BCUT2D eigenvalue weighted by Crippen LogP contribution is -2.44. The van der Waals surface area contributed by atoms with Crippen LogP contribution in [0.15, 0.2) is 18.2 Å². The van der Waals surface area contributed by atoms with E-state index in [9.17, 15) is 4.79 Å². The van der Waals surface area contributed by atoms with E-state index in [1.54, 1.807) is 0 Å². The zero-order chi connectivity index (χ0) is 16.1. The molecule has 0 aromatic heterocycles. The van der Waals surface area contributed by atoms with Crippen LogP contribution in [0.5, 0.6) is 0 Å². The highest BCUT2D eigenvalue weighted by molar-refractivity contribution is 5.95. The lowest BCUT2D eigenvalue weighted by Gasteiger charge is -2.27. The van der Waals surface area contributed by atoms with Gasteiger partial charge in [0.2, 0.25) is 5.91 Å². The van der Waals surface area contributed by atoms with Crippen LogP contribution in [-0.4, -0.2) is 44.2 Å². The van der Waals surface area contributed by atoms with Gasteiger partial charge in [0.15, 0.2) is 0 Å². The lowest BCUT2D eigenvalue weighted by atomic mass is 9.91. The molecule has 1 aliphatic rings. The fraction of sp³-hybridized carbons (Fsp3) is 0.588. The van der Waals surface area contributed by atoms with Gasteiger partial charge in [0, 0.05) is 25.4 Å². The quantitative estimate of drug-likeness (QED) is 0.827. The van der Waals surface area contributed by atoms with E-state index in [1.807, 2.05) is 33.2 Å². The predicted molar refractivity (Wildman–Crippen MR) is 103 cm³/mol. The van der Waals surface area contributed by atoms with Gasteiger partial charge >= 0.3 is 0 Å². The Balaban J connectivity index is 0.00000264. The third-order valence-corrected chi connectivity index (χ3v) is 4.14. The zero-order valence-electron chi connectivity index (χ0n) is 14.6. The van der Waals surface area contributed by atoms with Crippen LogP contribution in [0.3, 0.4) is 0 Å². The molecule has 1 aliphatic heterocycles. The maximum absolute atomic E-state index is 12.4. The maximum atomic E-state index is 12.4. The van der Waals surface area contributed by atoms with Gasteiger partial charge in [0.25, 0.3) is 0 Å². The largest absolute Gasteiger partial charge is 0.381 e. The Bertz CT molecular complexity index is 521. The van der Waals surface area contributed by atoms with Gasteiger partial charge in [-0.05, 0) is 57.0 Å². The number of rotatable bonds is 5. The molecular formula is C17H29Cl2N3O2. The van der Waals surface area contributed by atoms with E-state index < -0.39 is 6.04 Å². The van der Waals surface area contributed by atoms with Crippen molar-refractivity contribution in [3.05, 3.63) is 29.3 Å². The first-order chi connectivity index (χ1) is 10.5. The van der Waals surface area contributed by atoms with Gasteiger partial charge in [-0.1, -0.05) is 12.1 Å². The summed E-state index contributed by atoms with van der Waals surface area (Å²) < 4.78 is 5.33. The molecule has 0 aliphatic carbocycles. The molecular weight excluding hydrogens is 349 g/mol. The molecule has 1 fully saturated rings. The Hall–Kier alpha value is -0.850. The first kappa shape index (κ1) is 23.1. The molecule has 24 heavy (non-hydrogen) atoms. The van der Waals surface area contributed by atoms with Crippen LogP contribution in [0.2, 0.25) is 0 Å². The molecule has 0 saturated carbocycles. The molecule has 0 bridgehead atoms. The fourth-order valence-electron chi connectivity index (χ4n) is 2.77. The molecule has 0 radical (unpaired) electrons. The Morgan fingerprint density at radius 3 is 2.54 bits per heavy atom. The van der Waals surface area contributed by atoms with Crippen molar-refractivity contribution in [2.45, 2.75) is 32.4 Å². The number of nitrogens with two attached hydrogens (primary N) is 1. The van der Waals surface area contributed by atoms with Crippen LogP contribution in [0, 0.1) is 12.8 Å². The normalized spacial score (nSPS) is 16.0. The molecule has 1 heterocycles. The lowest BCUT2D eigenvalue weighted by molar-refractivity contribution is -0.119. The van der Waals surface area contributed by atoms with Crippen molar-refractivity contribution >= 4 is 36.4 Å². The molecule has 0 spiro atoms. The number of aryl methyl sites for hydroxylation is 1. The predicted octanol–water partition coefficient (Wildman–Crippen LogP) is 2.59. The molecule has 1 aromatic carbocycles. The van der Waals surface area contributed by atoms with E-state index in [0.29, 0.717) is 13.2 Å². The molecule has 138 valence electrons. The summed E-state index contributed by atoms with van der Waals surface area (Å²) in [6, 6.07) is 5.68. The van der Waals surface area contributed by atoms with Crippen molar-refractivity contribution in [2.24, 2.45) is 11.7 Å². The van der Waals surface area contributed by atoms with Gasteiger partial charge in [0.05, 0.1) is 6.04 Å². The summed E-state index contributed by atoms with van der Waals surface area (Å²) in [5, 5.41) is 3.00. The van der Waals surface area contributed by atoms with Crippen LogP contribution in [0.4, 0.5) is 5.69 Å². The summed E-state index contributed by atoms with van der Waals surface area (Å²) in [5.74, 6) is 0.107.